The Kier molecular flexibility index (Phi) is 4.27. The maximum Gasteiger partial charge on any atom is 0.363 e. The molecule has 4 aliphatic carbocycles. The van der Waals surface area contributed by atoms with Crippen LogP contribution in [-0.4, -0.2) is 36.3 Å². The normalized spacial score (nSPS) is 37.0. The Hall–Kier alpha value is -1.02. The molecule has 6 nitrogen and oxygen atoms in total. The summed E-state index contributed by atoms with van der Waals surface area (Å²) >= 11 is 0. The van der Waals surface area contributed by atoms with E-state index in [1.807, 2.05) is 0 Å². The highest BCUT2D eigenvalue weighted by Gasteiger charge is 2.56. The van der Waals surface area contributed by atoms with Gasteiger partial charge in [0.25, 0.3) is 0 Å². The monoisotopic (exact) mass is 362 g/mol. The summed E-state index contributed by atoms with van der Waals surface area (Å²) in [5.74, 6) is -0.741. The largest absolute Gasteiger partial charge is 0.462 e. The Morgan fingerprint density at radius 3 is 2.00 bits per heavy atom. The van der Waals surface area contributed by atoms with Crippen LogP contribution in [0, 0.1) is 23.2 Å². The number of ether oxygens (including phenoxy) is 1. The summed E-state index contributed by atoms with van der Waals surface area (Å²) in [6.45, 7) is 0.903. The van der Waals surface area contributed by atoms with Crippen LogP contribution >= 0.6 is 0 Å². The van der Waals surface area contributed by atoms with E-state index >= 15 is 0 Å². The van der Waals surface area contributed by atoms with Crippen molar-refractivity contribution < 1.29 is 31.7 Å². The lowest BCUT2D eigenvalue weighted by Gasteiger charge is -2.56. The molecule has 24 heavy (non-hydrogen) atoms. The minimum atomic E-state index is -5.40. The number of Topliss-reactive ketones (excluding diaryl/α,β-unsaturated/α-hetero) is 1. The molecule has 1 unspecified atom stereocenters. The fourth-order valence-electron chi connectivity index (χ4n) is 5.38. The standard InChI is InChI=1S/C16H23FO6S/c1-10(18)5-16(17,24(20,21)22)14(19)23-9-15-6-11-2-12(7-15)4-13(3-11)8-15/h11-13H,2-9H2,1H3,(H,20,21,22). The average molecular weight is 362 g/mol. The Morgan fingerprint density at radius 1 is 1.17 bits per heavy atom. The molecule has 0 amide bonds. The summed E-state index contributed by atoms with van der Waals surface area (Å²) in [5.41, 5.74) is -0.208. The number of hydrogen-bond acceptors (Lipinski definition) is 5. The Morgan fingerprint density at radius 2 is 1.62 bits per heavy atom. The second-order valence-electron chi connectivity index (χ2n) is 8.08. The van der Waals surface area contributed by atoms with E-state index in [0.717, 1.165) is 26.2 Å². The van der Waals surface area contributed by atoms with Gasteiger partial charge in [0, 0.05) is 5.41 Å². The van der Waals surface area contributed by atoms with E-state index in [9.17, 15) is 22.4 Å². The molecule has 4 saturated carbocycles. The first-order valence-corrected chi connectivity index (χ1v) is 9.80. The van der Waals surface area contributed by atoms with Gasteiger partial charge in [-0.2, -0.15) is 8.42 Å². The van der Waals surface area contributed by atoms with Crippen LogP contribution in [0.3, 0.4) is 0 Å². The molecule has 8 heteroatoms. The summed E-state index contributed by atoms with van der Waals surface area (Å²) in [5, 5.41) is -3.72. The first kappa shape index (κ1) is 17.8. The number of alkyl halides is 1. The van der Waals surface area contributed by atoms with E-state index in [0.29, 0.717) is 17.8 Å². The van der Waals surface area contributed by atoms with Crippen molar-refractivity contribution in [2.24, 2.45) is 23.2 Å². The van der Waals surface area contributed by atoms with Crippen molar-refractivity contribution in [1.82, 2.24) is 0 Å². The van der Waals surface area contributed by atoms with Crippen molar-refractivity contribution in [3.63, 3.8) is 0 Å². The second-order valence-corrected chi connectivity index (χ2v) is 9.67. The number of halogens is 1. The minimum Gasteiger partial charge on any atom is -0.462 e. The van der Waals surface area contributed by atoms with Crippen molar-refractivity contribution in [3.8, 4) is 0 Å². The number of carbonyl (C=O) groups is 2. The third-order valence-corrected chi connectivity index (χ3v) is 6.99. The fourth-order valence-corrected chi connectivity index (χ4v) is 6.04. The molecule has 0 saturated heterocycles. The average Bonchev–Trinajstić information content (AvgIpc) is 2.41. The molecule has 0 aromatic heterocycles. The van der Waals surface area contributed by atoms with E-state index in [1.165, 1.54) is 19.3 Å². The van der Waals surface area contributed by atoms with E-state index in [1.54, 1.807) is 0 Å². The smallest absolute Gasteiger partial charge is 0.363 e. The van der Waals surface area contributed by atoms with Crippen LogP contribution in [-0.2, 0) is 24.4 Å². The molecule has 4 rings (SSSR count). The highest BCUT2D eigenvalue weighted by molar-refractivity contribution is 7.87. The van der Waals surface area contributed by atoms with E-state index < -0.39 is 33.3 Å². The predicted octanol–water partition coefficient (Wildman–Crippen LogP) is 2.28. The molecule has 136 valence electrons. The molecule has 0 aromatic carbocycles. The van der Waals surface area contributed by atoms with Crippen LogP contribution in [0.1, 0.15) is 51.9 Å². The maximum atomic E-state index is 14.6. The van der Waals surface area contributed by atoms with Crippen molar-refractivity contribution in [3.05, 3.63) is 0 Å². The van der Waals surface area contributed by atoms with E-state index in [4.69, 9.17) is 9.29 Å². The van der Waals surface area contributed by atoms with Crippen LogP contribution in [0.25, 0.3) is 0 Å². The van der Waals surface area contributed by atoms with Gasteiger partial charge in [0.15, 0.2) is 0 Å². The van der Waals surface area contributed by atoms with E-state index in [-0.39, 0.29) is 12.0 Å². The Labute approximate surface area is 140 Å². The Bertz CT molecular complexity index is 622. The summed E-state index contributed by atoms with van der Waals surface area (Å²) < 4.78 is 51.2. The zero-order valence-corrected chi connectivity index (χ0v) is 14.5. The van der Waals surface area contributed by atoms with Gasteiger partial charge in [-0.15, -0.1) is 0 Å². The van der Waals surface area contributed by atoms with Gasteiger partial charge in [-0.1, -0.05) is 0 Å². The van der Waals surface area contributed by atoms with Crippen molar-refractivity contribution in [2.45, 2.75) is 56.9 Å². The van der Waals surface area contributed by atoms with Gasteiger partial charge < -0.3 is 4.74 Å². The van der Waals surface area contributed by atoms with Gasteiger partial charge in [0.05, 0.1) is 13.0 Å². The van der Waals surface area contributed by atoms with E-state index in [2.05, 4.69) is 0 Å². The summed E-state index contributed by atoms with van der Waals surface area (Å²) in [6.07, 6.45) is 5.05. The highest BCUT2D eigenvalue weighted by atomic mass is 32.2. The van der Waals surface area contributed by atoms with Gasteiger partial charge >= 0.3 is 21.1 Å². The molecule has 4 fully saturated rings. The van der Waals surface area contributed by atoms with Gasteiger partial charge in [-0.05, 0) is 63.2 Å². The van der Waals surface area contributed by atoms with Gasteiger partial charge in [-0.25, -0.2) is 9.18 Å². The third kappa shape index (κ3) is 3.10. The second kappa shape index (κ2) is 5.76. The van der Waals surface area contributed by atoms with Crippen LogP contribution in [0.15, 0.2) is 0 Å². The molecular formula is C16H23FO6S. The number of hydrogen-bond donors (Lipinski definition) is 1. The summed E-state index contributed by atoms with van der Waals surface area (Å²) in [7, 11) is -5.40. The van der Waals surface area contributed by atoms with Crippen LogP contribution < -0.4 is 0 Å². The molecule has 0 heterocycles. The molecule has 0 aliphatic heterocycles. The zero-order chi connectivity index (χ0) is 17.8. The quantitative estimate of drug-likeness (QED) is 0.575. The third-order valence-electron chi connectivity index (χ3n) is 5.86. The van der Waals surface area contributed by atoms with Gasteiger partial charge in [-0.3, -0.25) is 9.35 Å². The molecule has 1 atom stereocenters. The van der Waals surface area contributed by atoms with Gasteiger partial charge in [0.2, 0.25) is 0 Å². The Balaban J connectivity index is 1.71. The lowest BCUT2D eigenvalue weighted by Crippen LogP contribution is -2.50. The fraction of sp³-hybridized carbons (Fsp3) is 0.875. The zero-order valence-electron chi connectivity index (χ0n) is 13.7. The number of rotatable bonds is 6. The molecule has 0 aromatic rings. The molecule has 1 N–H and O–H groups in total. The van der Waals surface area contributed by atoms with Crippen molar-refractivity contribution in [2.75, 3.05) is 6.61 Å². The maximum absolute atomic E-state index is 14.6. The molecule has 0 spiro atoms. The topological polar surface area (TPSA) is 97.7 Å². The van der Waals surface area contributed by atoms with Crippen molar-refractivity contribution in [1.29, 1.82) is 0 Å². The number of esters is 1. The van der Waals surface area contributed by atoms with Gasteiger partial charge in [0.1, 0.15) is 5.78 Å². The first-order valence-electron chi connectivity index (χ1n) is 8.36. The first-order chi connectivity index (χ1) is 11.0. The molecule has 0 radical (unpaired) electrons. The van der Waals surface area contributed by atoms with Crippen LogP contribution in [0.2, 0.25) is 0 Å². The molecule has 4 aliphatic rings. The van der Waals surface area contributed by atoms with Crippen molar-refractivity contribution >= 4 is 21.9 Å². The lowest BCUT2D eigenvalue weighted by molar-refractivity contribution is -0.164. The number of carbonyl (C=O) groups excluding carboxylic acids is 2. The molecule has 4 bridgehead atoms. The SMILES string of the molecule is CC(=O)CC(F)(C(=O)OCC12CC3CC(CC(C3)C1)C2)S(=O)(=O)O. The number of ketones is 1. The lowest BCUT2D eigenvalue weighted by atomic mass is 9.50. The minimum absolute atomic E-state index is 0.0472. The predicted molar refractivity (Wildman–Crippen MR) is 82.2 cm³/mol. The highest BCUT2D eigenvalue weighted by Crippen LogP contribution is 2.60. The summed E-state index contributed by atoms with van der Waals surface area (Å²) in [4.78, 5) is 23.2. The van der Waals surface area contributed by atoms with Crippen LogP contribution in [0.5, 0.6) is 0 Å². The summed E-state index contributed by atoms with van der Waals surface area (Å²) in [6, 6.07) is 0. The van der Waals surface area contributed by atoms with Crippen LogP contribution in [0.4, 0.5) is 4.39 Å². The molecular weight excluding hydrogens is 339 g/mol.